The number of aromatic hydroxyl groups is 1. The van der Waals surface area contributed by atoms with Gasteiger partial charge in [0, 0.05) is 63.1 Å². The Morgan fingerprint density at radius 2 is 1.93 bits per heavy atom. The number of carbonyl (C=O) groups is 2. The van der Waals surface area contributed by atoms with E-state index in [0.717, 1.165) is 73.0 Å². The predicted octanol–water partition coefficient (Wildman–Crippen LogP) is 4.16. The lowest BCUT2D eigenvalue weighted by atomic mass is 9.86. The number of aliphatic hydroxyl groups is 4. The molecule has 1 amide bonds. The zero-order valence-corrected chi connectivity index (χ0v) is 38.7. The fourth-order valence-corrected chi connectivity index (χ4v) is 10.4. The molecule has 0 aromatic heterocycles. The minimum atomic E-state index is -2.57. The molecule has 1 saturated heterocycles. The van der Waals surface area contributed by atoms with E-state index in [1.54, 1.807) is 37.6 Å². The van der Waals surface area contributed by atoms with Gasteiger partial charge in [-0.15, -0.1) is 0 Å². The van der Waals surface area contributed by atoms with Gasteiger partial charge in [0.2, 0.25) is 6.29 Å². The van der Waals surface area contributed by atoms with Crippen LogP contribution in [-0.2, 0) is 27.3 Å². The summed E-state index contributed by atoms with van der Waals surface area (Å²) >= 11 is 0. The number of aliphatic hydroxyl groups excluding tert-OH is 3. The van der Waals surface area contributed by atoms with Gasteiger partial charge < -0.3 is 64.8 Å². The molecule has 9 rings (SSSR count). The van der Waals surface area contributed by atoms with Crippen molar-refractivity contribution in [2.45, 2.75) is 93.8 Å². The van der Waals surface area contributed by atoms with Crippen molar-refractivity contribution in [3.05, 3.63) is 111 Å². The van der Waals surface area contributed by atoms with Crippen molar-refractivity contribution >= 4 is 34.8 Å². The molecule has 16 nitrogen and oxygen atoms in total. The first kappa shape index (κ1) is 47.7. The Kier molecular flexibility index (Phi) is 14.2. The summed E-state index contributed by atoms with van der Waals surface area (Å²) in [4.78, 5) is 34.9. The number of hydrogen-bond acceptors (Lipinski definition) is 15. The van der Waals surface area contributed by atoms with Crippen molar-refractivity contribution in [1.29, 1.82) is 0 Å². The van der Waals surface area contributed by atoms with Gasteiger partial charge in [0.05, 0.1) is 55.2 Å². The molecule has 2 bridgehead atoms. The van der Waals surface area contributed by atoms with Crippen LogP contribution in [0.3, 0.4) is 0 Å². The Bertz CT molecular complexity index is 2600. The fraction of sp³-hybridized carbons (Fsp3) is 0.462. The summed E-state index contributed by atoms with van der Waals surface area (Å²) in [6, 6.07) is 9.14. The van der Waals surface area contributed by atoms with Gasteiger partial charge in [-0.3, -0.25) is 9.59 Å². The van der Waals surface area contributed by atoms with Gasteiger partial charge in [-0.2, -0.15) is 4.99 Å². The lowest BCUT2D eigenvalue weighted by Crippen LogP contribution is -2.69. The van der Waals surface area contributed by atoms with Crippen molar-refractivity contribution in [2.75, 3.05) is 60.7 Å². The van der Waals surface area contributed by atoms with Crippen LogP contribution in [-0.4, -0.2) is 145 Å². The van der Waals surface area contributed by atoms with E-state index in [1.165, 1.54) is 12.0 Å². The minimum Gasteiger partial charge on any atom is -0.506 e. The van der Waals surface area contributed by atoms with E-state index in [2.05, 4.69) is 17.1 Å². The van der Waals surface area contributed by atoms with Crippen LogP contribution < -0.4 is 20.1 Å². The minimum absolute atomic E-state index is 0.0454. The van der Waals surface area contributed by atoms with Crippen molar-refractivity contribution < 1.29 is 58.8 Å². The molecule has 6 aliphatic rings. The number of amides is 1. The summed E-state index contributed by atoms with van der Waals surface area (Å²) in [6.07, 6.45) is 8.88. The molecule has 0 unspecified atom stereocenters. The number of carbonyl (C=O) groups excluding carboxylic acids is 2. The first-order valence-corrected chi connectivity index (χ1v) is 23.5. The third-order valence-electron chi connectivity index (χ3n) is 14.1. The van der Waals surface area contributed by atoms with E-state index in [-0.39, 0.29) is 53.8 Å². The summed E-state index contributed by atoms with van der Waals surface area (Å²) in [7, 11) is 5.01. The number of ether oxygens (including phenoxy) is 5. The molecule has 3 aromatic rings. The van der Waals surface area contributed by atoms with Crippen LogP contribution in [0.1, 0.15) is 87.4 Å². The van der Waals surface area contributed by atoms with Gasteiger partial charge in [-0.25, -0.2) is 0 Å². The second-order valence-electron chi connectivity index (χ2n) is 18.4. The molecule has 6 atom stereocenters. The normalized spacial score (nSPS) is 26.1. The monoisotopic (exact) mass is 933 g/mol. The second kappa shape index (κ2) is 20.3. The number of phenolic OH excluding ortho intramolecular Hbond substituents is 1. The molecule has 360 valence electrons. The zero-order chi connectivity index (χ0) is 47.7. The summed E-state index contributed by atoms with van der Waals surface area (Å²) in [5.74, 6) is -1.02. The second-order valence-corrected chi connectivity index (χ2v) is 18.4. The molecule has 7 N–H and O–H groups in total. The number of ketones is 1. The smallest absolute Gasteiger partial charge is 0.254 e. The number of phenols is 1. The molecule has 68 heavy (non-hydrogen) atoms. The van der Waals surface area contributed by atoms with Crippen molar-refractivity contribution in [3.8, 4) is 17.2 Å². The molecule has 2 fully saturated rings. The quantitative estimate of drug-likeness (QED) is 0.0610. The van der Waals surface area contributed by atoms with Crippen molar-refractivity contribution in [1.82, 2.24) is 15.5 Å². The number of nitrogens with one attached hydrogen (secondary N) is 2. The standard InChI is InChI=1S/C52H60N4O12/c1-53-23-31-11-8-12-33-38(31)25-56(50(33)62)26-40(58)45-35(30-9-4-5-10-30)20-32-21-42(65-3)34-14-16-41(37-24-55-39-15-13-29(19-36(37)39)22-54-17-6-7-18-64-2)66-27-43-46(59)49(61)52(63,28-57)51(67-43)68-48(34)44(32)47(45)60/h8,11-16,19-21,24,30,41,43,46,49,51,53-54,57,59,61,63H,4-7,9-10,17-18,22-23,25-28H2,1-3H3/p+1/b16-14+/t41-,43-,46-,49+,51-,52-/m1/s1. The Hall–Kier alpha value is -5.40. The van der Waals surface area contributed by atoms with E-state index in [1.807, 2.05) is 37.4 Å². The summed E-state index contributed by atoms with van der Waals surface area (Å²) in [5, 5.41) is 65.3. The molecule has 4 heterocycles. The van der Waals surface area contributed by atoms with Crippen LogP contribution in [0, 0.1) is 6.42 Å². The number of rotatable bonds is 16. The van der Waals surface area contributed by atoms with Crippen LogP contribution in [0.2, 0.25) is 0 Å². The van der Waals surface area contributed by atoms with E-state index >= 15 is 0 Å². The third kappa shape index (κ3) is 8.89. The Morgan fingerprint density at radius 3 is 2.69 bits per heavy atom. The van der Waals surface area contributed by atoms with E-state index in [0.29, 0.717) is 47.5 Å². The highest BCUT2D eigenvalue weighted by Crippen LogP contribution is 2.50. The molecule has 2 aliphatic carbocycles. The van der Waals surface area contributed by atoms with Crippen LogP contribution in [0.5, 0.6) is 17.2 Å². The first-order valence-electron chi connectivity index (χ1n) is 23.5. The molecular weight excluding hydrogens is 873 g/mol. The van der Waals surface area contributed by atoms with Crippen LogP contribution >= 0.6 is 0 Å². The lowest BCUT2D eigenvalue weighted by molar-refractivity contribution is -0.329. The first-order chi connectivity index (χ1) is 33.0. The van der Waals surface area contributed by atoms with Gasteiger partial charge in [0.1, 0.15) is 47.2 Å². The average Bonchev–Trinajstić information content (AvgIpc) is 4.10. The van der Waals surface area contributed by atoms with Gasteiger partial charge in [-0.1, -0.05) is 25.0 Å². The number of Topliss-reactive ketones (excluding diaryl/α,β-unsaturated/α-hetero) is 1. The SMILES string of the molecule is CNCc1cccc2c1CN(CC(=O)c1c(C3CCCC3)cc3cc(OC)c4c(c3c1O)O[C@H]1O[C@H](CO[C@@H](C3=C5[CH+]C(CNCCCCOC)=CC=C5N=C3)/C=C/4)[C@@H](O)[C@H](O)[C@]1(O)CO)C2=O. The van der Waals surface area contributed by atoms with E-state index in [4.69, 9.17) is 28.7 Å². The number of nitrogens with zero attached hydrogens (tertiary/aromatic N) is 2. The Labute approximate surface area is 395 Å². The van der Waals surface area contributed by atoms with E-state index < -0.39 is 54.4 Å². The van der Waals surface area contributed by atoms with Crippen molar-refractivity contribution in [2.24, 2.45) is 4.99 Å². The van der Waals surface area contributed by atoms with Gasteiger partial charge in [0.25, 0.3) is 5.91 Å². The highest BCUT2D eigenvalue weighted by atomic mass is 16.7. The topological polar surface area (TPSA) is 221 Å². The maximum absolute atomic E-state index is 14.9. The highest BCUT2D eigenvalue weighted by Gasteiger charge is 2.57. The average molecular weight is 934 g/mol. The largest absolute Gasteiger partial charge is 0.506 e. The van der Waals surface area contributed by atoms with Crippen LogP contribution in [0.25, 0.3) is 16.8 Å². The Balaban J connectivity index is 1.15. The maximum Gasteiger partial charge on any atom is 0.254 e. The number of allylic oxidation sites excluding steroid dienone is 3. The van der Waals surface area contributed by atoms with E-state index in [9.17, 15) is 35.1 Å². The Morgan fingerprint density at radius 1 is 1.10 bits per heavy atom. The highest BCUT2D eigenvalue weighted by molar-refractivity contribution is 6.11. The summed E-state index contributed by atoms with van der Waals surface area (Å²) < 4.78 is 30.6. The number of benzene rings is 3. The molecule has 0 spiro atoms. The number of aliphatic imine (C=N–C) groups is 1. The van der Waals surface area contributed by atoms with Gasteiger partial charge >= 0.3 is 0 Å². The molecule has 3 aromatic carbocycles. The number of fused-ring (bicyclic) bond motifs is 7. The maximum atomic E-state index is 14.9. The molecule has 16 heteroatoms. The molecular formula is C52H61N4O12+. The lowest BCUT2D eigenvalue weighted by Gasteiger charge is -2.47. The third-order valence-corrected chi connectivity index (χ3v) is 14.1. The summed E-state index contributed by atoms with van der Waals surface area (Å²) in [5.41, 5.74) is 3.98. The fourth-order valence-electron chi connectivity index (χ4n) is 10.4. The number of unbranched alkanes of at least 4 members (excludes halogenated alkanes) is 1. The number of methoxy groups -OCH3 is 2. The van der Waals surface area contributed by atoms with Crippen LogP contribution in [0.15, 0.2) is 76.0 Å². The zero-order valence-electron chi connectivity index (χ0n) is 38.7. The van der Waals surface area contributed by atoms with Crippen molar-refractivity contribution in [3.63, 3.8) is 0 Å². The molecule has 4 aliphatic heterocycles. The predicted molar refractivity (Wildman–Crippen MR) is 254 cm³/mol. The summed E-state index contributed by atoms with van der Waals surface area (Å²) in [6.45, 7) is 1.24. The van der Waals surface area contributed by atoms with Gasteiger partial charge in [-0.05, 0) is 97.6 Å². The van der Waals surface area contributed by atoms with Gasteiger partial charge in [0.15, 0.2) is 17.1 Å². The number of hydrogen-bond donors (Lipinski definition) is 7. The molecule has 0 radical (unpaired) electrons. The molecule has 1 saturated carbocycles. The van der Waals surface area contributed by atoms with Crippen LogP contribution in [0.4, 0.5) is 0 Å².